The van der Waals surface area contributed by atoms with Crippen LogP contribution in [0.5, 0.6) is 5.75 Å². The standard InChI is InChI=1S/C19H19N3O2S/c1-24-16-5-2-4-14(12-16)9-10-20-18-8-7-15(13-21-18)22-19(23)17-6-3-11-25-17/h2-8,11-13H,9-10H2,1H3,(H,20,21)(H,22,23). The van der Waals surface area contributed by atoms with E-state index in [2.05, 4.69) is 21.7 Å². The molecule has 2 N–H and O–H groups in total. The Morgan fingerprint density at radius 1 is 1.20 bits per heavy atom. The van der Waals surface area contributed by atoms with Gasteiger partial charge in [-0.25, -0.2) is 4.98 Å². The molecule has 0 radical (unpaired) electrons. The number of anilines is 2. The Morgan fingerprint density at radius 3 is 2.84 bits per heavy atom. The first kappa shape index (κ1) is 17.0. The summed E-state index contributed by atoms with van der Waals surface area (Å²) in [5.74, 6) is 1.52. The Kier molecular flexibility index (Phi) is 5.64. The maximum atomic E-state index is 12.0. The van der Waals surface area contributed by atoms with Crippen LogP contribution in [0.15, 0.2) is 60.1 Å². The molecule has 0 spiro atoms. The summed E-state index contributed by atoms with van der Waals surface area (Å²) >= 11 is 1.41. The van der Waals surface area contributed by atoms with Crippen LogP contribution in [0, 0.1) is 0 Å². The van der Waals surface area contributed by atoms with Crippen molar-refractivity contribution in [1.29, 1.82) is 0 Å². The Hall–Kier alpha value is -2.86. The van der Waals surface area contributed by atoms with Crippen LogP contribution in [0.1, 0.15) is 15.2 Å². The highest BCUT2D eigenvalue weighted by atomic mass is 32.1. The molecule has 0 unspecified atom stereocenters. The number of hydrogen-bond donors (Lipinski definition) is 2. The largest absolute Gasteiger partial charge is 0.497 e. The van der Waals surface area contributed by atoms with Crippen molar-refractivity contribution in [3.63, 3.8) is 0 Å². The van der Waals surface area contributed by atoms with Gasteiger partial charge in [-0.2, -0.15) is 0 Å². The summed E-state index contributed by atoms with van der Waals surface area (Å²) in [5.41, 5.74) is 1.88. The third-order valence-electron chi connectivity index (χ3n) is 3.62. The molecule has 3 rings (SSSR count). The quantitative estimate of drug-likeness (QED) is 0.672. The molecular formula is C19H19N3O2S. The van der Waals surface area contributed by atoms with E-state index in [9.17, 15) is 4.79 Å². The minimum Gasteiger partial charge on any atom is -0.497 e. The molecule has 5 nitrogen and oxygen atoms in total. The van der Waals surface area contributed by atoms with E-state index in [4.69, 9.17) is 4.74 Å². The zero-order chi connectivity index (χ0) is 17.5. The lowest BCUT2D eigenvalue weighted by Gasteiger charge is -2.08. The van der Waals surface area contributed by atoms with E-state index in [1.807, 2.05) is 41.8 Å². The van der Waals surface area contributed by atoms with Crippen molar-refractivity contribution < 1.29 is 9.53 Å². The SMILES string of the molecule is COc1cccc(CCNc2ccc(NC(=O)c3cccs3)cn2)c1. The molecule has 0 aliphatic rings. The van der Waals surface area contributed by atoms with E-state index >= 15 is 0 Å². The van der Waals surface area contributed by atoms with E-state index in [0.29, 0.717) is 10.6 Å². The molecule has 0 saturated carbocycles. The molecule has 1 aromatic carbocycles. The predicted octanol–water partition coefficient (Wildman–Crippen LogP) is 4.06. The number of carbonyl (C=O) groups excluding carboxylic acids is 1. The molecule has 1 amide bonds. The predicted molar refractivity (Wildman–Crippen MR) is 102 cm³/mol. The number of pyridine rings is 1. The van der Waals surface area contributed by atoms with Gasteiger partial charge in [-0.15, -0.1) is 11.3 Å². The van der Waals surface area contributed by atoms with Crippen molar-refractivity contribution in [3.05, 3.63) is 70.5 Å². The summed E-state index contributed by atoms with van der Waals surface area (Å²) < 4.78 is 5.22. The summed E-state index contributed by atoms with van der Waals surface area (Å²) in [7, 11) is 1.67. The average molecular weight is 353 g/mol. The second-order valence-corrected chi connectivity index (χ2v) is 6.34. The molecule has 2 aromatic heterocycles. The van der Waals surface area contributed by atoms with Crippen LogP contribution < -0.4 is 15.4 Å². The molecule has 0 bridgehead atoms. The Labute approximate surface area is 150 Å². The van der Waals surface area contributed by atoms with Crippen molar-refractivity contribution in [2.45, 2.75) is 6.42 Å². The van der Waals surface area contributed by atoms with E-state index in [1.54, 1.807) is 19.4 Å². The van der Waals surface area contributed by atoms with E-state index in [-0.39, 0.29) is 5.91 Å². The number of hydrogen-bond acceptors (Lipinski definition) is 5. The number of nitrogens with zero attached hydrogens (tertiary/aromatic N) is 1. The lowest BCUT2D eigenvalue weighted by Crippen LogP contribution is -2.11. The van der Waals surface area contributed by atoms with Gasteiger partial charge in [0.2, 0.25) is 0 Å². The fourth-order valence-corrected chi connectivity index (χ4v) is 2.95. The van der Waals surface area contributed by atoms with E-state index < -0.39 is 0 Å². The molecule has 0 aliphatic heterocycles. The number of aromatic nitrogens is 1. The van der Waals surface area contributed by atoms with Crippen molar-refractivity contribution in [2.75, 3.05) is 24.3 Å². The lowest BCUT2D eigenvalue weighted by molar-refractivity contribution is 0.103. The van der Waals surface area contributed by atoms with Crippen LogP contribution in [0.2, 0.25) is 0 Å². The van der Waals surface area contributed by atoms with Crippen LogP contribution in [-0.2, 0) is 6.42 Å². The van der Waals surface area contributed by atoms with Crippen molar-refractivity contribution in [3.8, 4) is 5.75 Å². The molecule has 6 heteroatoms. The second-order valence-electron chi connectivity index (χ2n) is 5.39. The minimum atomic E-state index is -0.115. The number of rotatable bonds is 7. The topological polar surface area (TPSA) is 63.2 Å². The number of methoxy groups -OCH3 is 1. The number of thiophene rings is 1. The van der Waals surface area contributed by atoms with Crippen molar-refractivity contribution >= 4 is 28.7 Å². The van der Waals surface area contributed by atoms with Gasteiger partial charge < -0.3 is 15.4 Å². The molecular weight excluding hydrogens is 334 g/mol. The molecule has 2 heterocycles. The lowest BCUT2D eigenvalue weighted by atomic mass is 10.1. The Bertz CT molecular complexity index is 817. The molecule has 128 valence electrons. The van der Waals surface area contributed by atoms with Gasteiger partial charge in [0.25, 0.3) is 5.91 Å². The normalized spacial score (nSPS) is 10.3. The van der Waals surface area contributed by atoms with Crippen LogP contribution in [0.25, 0.3) is 0 Å². The third kappa shape index (κ3) is 4.81. The van der Waals surface area contributed by atoms with Crippen molar-refractivity contribution in [1.82, 2.24) is 4.98 Å². The molecule has 0 fully saturated rings. The number of amides is 1. The fraction of sp³-hybridized carbons (Fsp3) is 0.158. The highest BCUT2D eigenvalue weighted by molar-refractivity contribution is 7.12. The number of nitrogens with one attached hydrogen (secondary N) is 2. The van der Waals surface area contributed by atoms with Crippen molar-refractivity contribution in [2.24, 2.45) is 0 Å². The smallest absolute Gasteiger partial charge is 0.265 e. The number of carbonyl (C=O) groups is 1. The van der Waals surface area contributed by atoms with E-state index in [1.165, 1.54) is 16.9 Å². The molecule has 25 heavy (non-hydrogen) atoms. The molecule has 3 aromatic rings. The number of benzene rings is 1. The average Bonchev–Trinajstić information content (AvgIpc) is 3.18. The van der Waals surface area contributed by atoms with Gasteiger partial charge in [0, 0.05) is 6.54 Å². The third-order valence-corrected chi connectivity index (χ3v) is 4.49. The molecule has 0 atom stereocenters. The van der Waals surface area contributed by atoms with Gasteiger partial charge in [-0.1, -0.05) is 18.2 Å². The van der Waals surface area contributed by atoms with Crippen LogP contribution >= 0.6 is 11.3 Å². The number of ether oxygens (including phenoxy) is 1. The summed E-state index contributed by atoms with van der Waals surface area (Å²) in [4.78, 5) is 17.0. The summed E-state index contributed by atoms with van der Waals surface area (Å²) in [6.07, 6.45) is 2.52. The van der Waals surface area contributed by atoms with Gasteiger partial charge >= 0.3 is 0 Å². The first-order chi connectivity index (χ1) is 12.2. The fourth-order valence-electron chi connectivity index (χ4n) is 2.34. The van der Waals surface area contributed by atoms with Gasteiger partial charge in [0.05, 0.1) is 23.9 Å². The highest BCUT2D eigenvalue weighted by Crippen LogP contribution is 2.15. The Balaban J connectivity index is 1.49. The zero-order valence-corrected chi connectivity index (χ0v) is 14.7. The zero-order valence-electron chi connectivity index (χ0n) is 13.9. The molecule has 0 saturated heterocycles. The van der Waals surface area contributed by atoms with Crippen LogP contribution in [0.4, 0.5) is 11.5 Å². The minimum absolute atomic E-state index is 0.115. The highest BCUT2D eigenvalue weighted by Gasteiger charge is 2.06. The van der Waals surface area contributed by atoms with Crippen LogP contribution in [-0.4, -0.2) is 24.5 Å². The van der Waals surface area contributed by atoms with Gasteiger partial charge in [0.15, 0.2) is 0 Å². The molecule has 0 aliphatic carbocycles. The van der Waals surface area contributed by atoms with Gasteiger partial charge in [-0.3, -0.25) is 4.79 Å². The summed E-state index contributed by atoms with van der Waals surface area (Å²) in [5, 5.41) is 7.99. The monoisotopic (exact) mass is 353 g/mol. The van der Waals surface area contributed by atoms with Crippen LogP contribution in [0.3, 0.4) is 0 Å². The second kappa shape index (κ2) is 8.30. The first-order valence-corrected chi connectivity index (χ1v) is 8.80. The van der Waals surface area contributed by atoms with Gasteiger partial charge in [-0.05, 0) is 47.7 Å². The first-order valence-electron chi connectivity index (χ1n) is 7.92. The Morgan fingerprint density at radius 2 is 2.12 bits per heavy atom. The summed E-state index contributed by atoms with van der Waals surface area (Å²) in [6.45, 7) is 0.765. The maximum Gasteiger partial charge on any atom is 0.265 e. The maximum absolute atomic E-state index is 12.0. The summed E-state index contributed by atoms with van der Waals surface area (Å²) in [6, 6.07) is 15.4. The van der Waals surface area contributed by atoms with E-state index in [0.717, 1.165) is 24.5 Å². The van der Waals surface area contributed by atoms with Gasteiger partial charge in [0.1, 0.15) is 11.6 Å².